The molecule has 0 spiro atoms. The molecule has 0 aromatic rings. The number of hydrogen-bond acceptors (Lipinski definition) is 3. The summed E-state index contributed by atoms with van der Waals surface area (Å²) in [7, 11) is 0. The summed E-state index contributed by atoms with van der Waals surface area (Å²) in [5.41, 5.74) is -0.686. The number of amides is 2. The van der Waals surface area contributed by atoms with Gasteiger partial charge in [-0.15, -0.1) is 0 Å². The van der Waals surface area contributed by atoms with Gasteiger partial charge in [-0.3, -0.25) is 9.69 Å². The van der Waals surface area contributed by atoms with Gasteiger partial charge in [-0.1, -0.05) is 20.3 Å². The van der Waals surface area contributed by atoms with Gasteiger partial charge >= 0.3 is 12.0 Å². The molecular weight excluding hydrogens is 306 g/mol. The van der Waals surface area contributed by atoms with Crippen LogP contribution < -0.4 is 5.32 Å². The van der Waals surface area contributed by atoms with Crippen molar-refractivity contribution in [2.45, 2.75) is 52.0 Å². The number of nitrogens with zero attached hydrogens (tertiary/aromatic N) is 2. The molecular formula is C18H31N3O3. The predicted molar refractivity (Wildman–Crippen MR) is 91.8 cm³/mol. The second-order valence-corrected chi connectivity index (χ2v) is 8.30. The van der Waals surface area contributed by atoms with Crippen LogP contribution >= 0.6 is 0 Å². The first-order valence-corrected chi connectivity index (χ1v) is 9.42. The SMILES string of the molecule is CC(C)CN1CCC[C@@H]1CNC(=O)N1C[C@@H]2CCC[C@@]2(C(=O)O)C1. The Morgan fingerprint density at radius 1 is 1.29 bits per heavy atom. The van der Waals surface area contributed by atoms with Crippen LogP contribution in [-0.4, -0.2) is 65.7 Å². The molecule has 3 aliphatic rings. The molecule has 0 radical (unpaired) electrons. The second kappa shape index (κ2) is 6.90. The summed E-state index contributed by atoms with van der Waals surface area (Å²) in [4.78, 5) is 28.5. The third-order valence-electron chi connectivity index (χ3n) is 6.17. The number of hydrogen-bond donors (Lipinski definition) is 2. The number of carbonyl (C=O) groups excluding carboxylic acids is 1. The average Bonchev–Trinajstić information content (AvgIpc) is 3.17. The largest absolute Gasteiger partial charge is 0.481 e. The number of rotatable bonds is 5. The van der Waals surface area contributed by atoms with E-state index in [0.717, 1.165) is 32.4 Å². The van der Waals surface area contributed by atoms with Crippen LogP contribution in [0.25, 0.3) is 0 Å². The molecule has 136 valence electrons. The lowest BCUT2D eigenvalue weighted by molar-refractivity contribution is -0.149. The molecule has 0 aromatic carbocycles. The number of urea groups is 1. The monoisotopic (exact) mass is 337 g/mol. The summed E-state index contributed by atoms with van der Waals surface area (Å²) in [5.74, 6) is 0.0403. The topological polar surface area (TPSA) is 72.9 Å². The maximum absolute atomic E-state index is 12.5. The van der Waals surface area contributed by atoms with E-state index >= 15 is 0 Å². The summed E-state index contributed by atoms with van der Waals surface area (Å²) in [6.07, 6.45) is 4.94. The normalized spacial score (nSPS) is 33.2. The van der Waals surface area contributed by atoms with E-state index in [2.05, 4.69) is 24.1 Å². The van der Waals surface area contributed by atoms with E-state index in [1.807, 2.05) is 0 Å². The number of carboxylic acid groups (broad SMARTS) is 1. The fourth-order valence-electron chi connectivity index (χ4n) is 4.95. The molecule has 6 nitrogen and oxygen atoms in total. The van der Waals surface area contributed by atoms with E-state index in [0.29, 0.717) is 38.0 Å². The first kappa shape index (κ1) is 17.5. The number of nitrogens with one attached hydrogen (secondary N) is 1. The van der Waals surface area contributed by atoms with Gasteiger partial charge in [-0.25, -0.2) is 4.79 Å². The Hall–Kier alpha value is -1.30. The average molecular weight is 337 g/mol. The Bertz CT molecular complexity index is 496. The van der Waals surface area contributed by atoms with Crippen LogP contribution in [0.1, 0.15) is 46.0 Å². The molecule has 1 aliphatic carbocycles. The Balaban J connectivity index is 1.52. The highest BCUT2D eigenvalue weighted by Gasteiger charge is 2.55. The van der Waals surface area contributed by atoms with Gasteiger partial charge in [-0.2, -0.15) is 0 Å². The molecule has 0 unspecified atom stereocenters. The molecule has 2 amide bonds. The Labute approximate surface area is 144 Å². The summed E-state index contributed by atoms with van der Waals surface area (Å²) in [6.45, 7) is 8.29. The maximum Gasteiger partial charge on any atom is 0.317 e. The summed E-state index contributed by atoms with van der Waals surface area (Å²) in [6, 6.07) is 0.341. The molecule has 2 heterocycles. The number of likely N-dealkylation sites (tertiary alicyclic amines) is 2. The lowest BCUT2D eigenvalue weighted by Gasteiger charge is -2.27. The minimum Gasteiger partial charge on any atom is -0.481 e. The Morgan fingerprint density at radius 2 is 2.08 bits per heavy atom. The first-order valence-electron chi connectivity index (χ1n) is 9.42. The van der Waals surface area contributed by atoms with E-state index in [9.17, 15) is 14.7 Å². The predicted octanol–water partition coefficient (Wildman–Crippen LogP) is 2.00. The fraction of sp³-hybridized carbons (Fsp3) is 0.889. The van der Waals surface area contributed by atoms with Gasteiger partial charge in [0.1, 0.15) is 0 Å². The molecule has 1 saturated carbocycles. The summed E-state index contributed by atoms with van der Waals surface area (Å²) >= 11 is 0. The van der Waals surface area contributed by atoms with Crippen molar-refractivity contribution in [3.8, 4) is 0 Å². The Kier molecular flexibility index (Phi) is 5.04. The van der Waals surface area contributed by atoms with Crippen LogP contribution in [0.3, 0.4) is 0 Å². The Morgan fingerprint density at radius 3 is 2.75 bits per heavy atom. The van der Waals surface area contributed by atoms with Crippen molar-refractivity contribution in [1.29, 1.82) is 0 Å². The lowest BCUT2D eigenvalue weighted by Crippen LogP contribution is -2.46. The summed E-state index contributed by atoms with van der Waals surface area (Å²) < 4.78 is 0. The highest BCUT2D eigenvalue weighted by Crippen LogP contribution is 2.48. The van der Waals surface area contributed by atoms with Crippen molar-refractivity contribution >= 4 is 12.0 Å². The second-order valence-electron chi connectivity index (χ2n) is 8.30. The molecule has 6 heteroatoms. The van der Waals surface area contributed by atoms with Crippen LogP contribution in [0.15, 0.2) is 0 Å². The molecule has 2 aliphatic heterocycles. The van der Waals surface area contributed by atoms with Crippen LogP contribution in [-0.2, 0) is 4.79 Å². The molecule has 3 rings (SSSR count). The van der Waals surface area contributed by atoms with Crippen LogP contribution in [0.5, 0.6) is 0 Å². The minimum absolute atomic E-state index is 0.0820. The highest BCUT2D eigenvalue weighted by atomic mass is 16.4. The number of carbonyl (C=O) groups is 2. The van der Waals surface area contributed by atoms with E-state index in [1.54, 1.807) is 4.90 Å². The van der Waals surface area contributed by atoms with Gasteiger partial charge in [0.25, 0.3) is 0 Å². The van der Waals surface area contributed by atoms with Crippen molar-refractivity contribution in [2.75, 3.05) is 32.7 Å². The van der Waals surface area contributed by atoms with Gasteiger partial charge in [0.2, 0.25) is 0 Å². The van der Waals surface area contributed by atoms with Gasteiger partial charge in [0.15, 0.2) is 0 Å². The van der Waals surface area contributed by atoms with Gasteiger partial charge in [-0.05, 0) is 44.1 Å². The summed E-state index contributed by atoms with van der Waals surface area (Å²) in [5, 5.41) is 12.7. The van der Waals surface area contributed by atoms with Crippen LogP contribution in [0, 0.1) is 17.3 Å². The third kappa shape index (κ3) is 3.25. The van der Waals surface area contributed by atoms with E-state index < -0.39 is 11.4 Å². The first-order chi connectivity index (χ1) is 11.4. The molecule has 2 saturated heterocycles. The van der Waals surface area contributed by atoms with Crippen LogP contribution in [0.4, 0.5) is 4.79 Å². The zero-order chi connectivity index (χ0) is 17.3. The number of aliphatic carboxylic acids is 1. The van der Waals surface area contributed by atoms with Crippen molar-refractivity contribution in [1.82, 2.24) is 15.1 Å². The number of carboxylic acids is 1. The third-order valence-corrected chi connectivity index (χ3v) is 6.17. The van der Waals surface area contributed by atoms with Gasteiger partial charge in [0, 0.05) is 32.2 Å². The quantitative estimate of drug-likeness (QED) is 0.805. The molecule has 3 atom stereocenters. The van der Waals surface area contributed by atoms with Crippen molar-refractivity contribution < 1.29 is 14.7 Å². The highest BCUT2D eigenvalue weighted by molar-refractivity contribution is 5.80. The standard InChI is InChI=1S/C18H31N3O3/c1-13(2)10-20-8-4-6-15(20)9-19-17(24)21-11-14-5-3-7-18(14,12-21)16(22)23/h13-15H,3-12H2,1-2H3,(H,19,24)(H,22,23)/t14-,15+,18+/m0/s1. The van der Waals surface area contributed by atoms with Gasteiger partial charge < -0.3 is 15.3 Å². The van der Waals surface area contributed by atoms with E-state index in [1.165, 1.54) is 6.42 Å². The van der Waals surface area contributed by atoms with Crippen molar-refractivity contribution in [3.63, 3.8) is 0 Å². The minimum atomic E-state index is -0.723. The molecule has 24 heavy (non-hydrogen) atoms. The van der Waals surface area contributed by atoms with Crippen molar-refractivity contribution in [2.24, 2.45) is 17.3 Å². The molecule has 0 aromatic heterocycles. The lowest BCUT2D eigenvalue weighted by atomic mass is 9.81. The number of fused-ring (bicyclic) bond motifs is 1. The smallest absolute Gasteiger partial charge is 0.317 e. The zero-order valence-corrected chi connectivity index (χ0v) is 15.0. The van der Waals surface area contributed by atoms with Gasteiger partial charge in [0.05, 0.1) is 5.41 Å². The zero-order valence-electron chi connectivity index (χ0n) is 15.0. The maximum atomic E-state index is 12.5. The van der Waals surface area contributed by atoms with E-state index in [-0.39, 0.29) is 11.9 Å². The molecule has 3 fully saturated rings. The fourth-order valence-corrected chi connectivity index (χ4v) is 4.95. The van der Waals surface area contributed by atoms with Crippen molar-refractivity contribution in [3.05, 3.63) is 0 Å². The molecule has 0 bridgehead atoms. The van der Waals surface area contributed by atoms with Crippen LogP contribution in [0.2, 0.25) is 0 Å². The van der Waals surface area contributed by atoms with E-state index in [4.69, 9.17) is 0 Å². The molecule has 2 N–H and O–H groups in total.